The van der Waals surface area contributed by atoms with Crippen LogP contribution < -0.4 is 5.32 Å². The predicted molar refractivity (Wildman–Crippen MR) is 142 cm³/mol. The van der Waals surface area contributed by atoms with Crippen molar-refractivity contribution in [3.63, 3.8) is 0 Å². The second kappa shape index (κ2) is 7.47. The van der Waals surface area contributed by atoms with Gasteiger partial charge in [-0.2, -0.15) is 0 Å². The van der Waals surface area contributed by atoms with Crippen molar-refractivity contribution in [2.75, 3.05) is 21.1 Å². The van der Waals surface area contributed by atoms with Crippen LogP contribution in [-0.4, -0.2) is 47.9 Å². The Hall–Kier alpha value is -2.56. The van der Waals surface area contributed by atoms with Crippen LogP contribution in [-0.2, 0) is 6.42 Å². The first kappa shape index (κ1) is 24.6. The molecule has 0 aromatic heterocycles. The molecule has 0 fully saturated rings. The summed E-state index contributed by atoms with van der Waals surface area (Å²) in [5.74, 6) is 0.212. The SMILES string of the molecule is C=C(NC)C1=C(O)[C@@H](N(C)C)[C@]2(C)C[C@]3(C)Cc4c(C)ccc(C)c4C(=C)C3=C(C)[C@]2(O)C1=C. The number of nitrogens with one attached hydrogen (secondary N) is 1. The van der Waals surface area contributed by atoms with Gasteiger partial charge in [-0.15, -0.1) is 0 Å². The van der Waals surface area contributed by atoms with Crippen LogP contribution in [0.5, 0.6) is 0 Å². The number of aliphatic hydroxyl groups excluding tert-OH is 1. The zero-order chi connectivity index (χ0) is 25.5. The lowest BCUT2D eigenvalue weighted by atomic mass is 9.44. The molecule has 3 aliphatic carbocycles. The Morgan fingerprint density at radius 1 is 1.12 bits per heavy atom. The minimum Gasteiger partial charge on any atom is -0.510 e. The van der Waals surface area contributed by atoms with Gasteiger partial charge in [0.25, 0.3) is 0 Å². The van der Waals surface area contributed by atoms with Gasteiger partial charge in [-0.3, -0.25) is 4.90 Å². The fourth-order valence-corrected chi connectivity index (χ4v) is 7.78. The van der Waals surface area contributed by atoms with E-state index in [0.29, 0.717) is 23.3 Å². The number of likely N-dealkylation sites (N-methyl/N-ethyl adjacent to an activating group) is 2. The standard InChI is InChI=1S/C30H40N2O2/c1-16-12-13-17(2)23-18(3)25-20(5)30(34)19(4)24(21(6)31-9)26(33)27(32(10)11)29(30,8)15-28(25,7)14-22(16)23/h12-13,27,31,33-34H,3-4,6,14-15H2,1-2,5,7-11H3/t27-,28+,29+,30-/m1/s1. The first-order valence-electron chi connectivity index (χ1n) is 12.1. The summed E-state index contributed by atoms with van der Waals surface area (Å²) in [5.41, 5.74) is 7.30. The van der Waals surface area contributed by atoms with Crippen molar-refractivity contribution in [3.8, 4) is 0 Å². The highest BCUT2D eigenvalue weighted by Crippen LogP contribution is 2.67. The molecule has 0 spiro atoms. The maximum Gasteiger partial charge on any atom is 0.120 e. The third-order valence-electron chi connectivity index (χ3n) is 9.01. The molecule has 3 N–H and O–H groups in total. The van der Waals surface area contributed by atoms with E-state index in [1.807, 2.05) is 25.9 Å². The third kappa shape index (κ3) is 2.79. The molecule has 0 saturated carbocycles. The minimum atomic E-state index is -1.36. The fraction of sp³-hybridized carbons (Fsp3) is 0.467. The van der Waals surface area contributed by atoms with Gasteiger partial charge in [0.2, 0.25) is 0 Å². The van der Waals surface area contributed by atoms with E-state index in [-0.39, 0.29) is 11.2 Å². The van der Waals surface area contributed by atoms with Gasteiger partial charge in [0, 0.05) is 23.7 Å². The number of hydrogen-bond acceptors (Lipinski definition) is 4. The maximum atomic E-state index is 12.7. The number of nitrogens with zero attached hydrogens (tertiary/aromatic N) is 1. The number of allylic oxidation sites excluding steroid dienone is 3. The molecule has 0 aliphatic heterocycles. The summed E-state index contributed by atoms with van der Waals surface area (Å²) in [6.45, 7) is 23.8. The van der Waals surface area contributed by atoms with Crippen LogP contribution in [0.15, 0.2) is 65.6 Å². The second-order valence-electron chi connectivity index (χ2n) is 11.4. The molecule has 4 heteroatoms. The van der Waals surface area contributed by atoms with Crippen molar-refractivity contribution in [1.29, 1.82) is 0 Å². The van der Waals surface area contributed by atoms with Gasteiger partial charge >= 0.3 is 0 Å². The molecular weight excluding hydrogens is 420 g/mol. The number of rotatable bonds is 3. The topological polar surface area (TPSA) is 55.7 Å². The van der Waals surface area contributed by atoms with E-state index in [2.05, 4.69) is 64.9 Å². The molecule has 4 rings (SSSR count). The van der Waals surface area contributed by atoms with Gasteiger partial charge in [-0.05, 0) is 97.7 Å². The van der Waals surface area contributed by atoms with Crippen LogP contribution in [0.3, 0.4) is 0 Å². The van der Waals surface area contributed by atoms with E-state index in [1.165, 1.54) is 22.3 Å². The van der Waals surface area contributed by atoms with Crippen molar-refractivity contribution < 1.29 is 10.2 Å². The molecule has 0 radical (unpaired) electrons. The first-order chi connectivity index (χ1) is 15.7. The minimum absolute atomic E-state index is 0.212. The molecule has 4 nitrogen and oxygen atoms in total. The molecule has 0 amide bonds. The van der Waals surface area contributed by atoms with Gasteiger partial charge in [0.1, 0.15) is 11.4 Å². The summed E-state index contributed by atoms with van der Waals surface area (Å²) >= 11 is 0. The number of aliphatic hydroxyl groups is 2. The Morgan fingerprint density at radius 3 is 2.26 bits per heavy atom. The van der Waals surface area contributed by atoms with E-state index in [9.17, 15) is 10.2 Å². The van der Waals surface area contributed by atoms with Crippen LogP contribution >= 0.6 is 0 Å². The van der Waals surface area contributed by atoms with Crippen LogP contribution in [0.4, 0.5) is 0 Å². The predicted octanol–water partition coefficient (Wildman–Crippen LogP) is 5.38. The Morgan fingerprint density at radius 2 is 1.71 bits per heavy atom. The largest absolute Gasteiger partial charge is 0.510 e. The van der Waals surface area contributed by atoms with Crippen LogP contribution in [0.1, 0.15) is 49.4 Å². The summed E-state index contributed by atoms with van der Waals surface area (Å²) in [7, 11) is 5.69. The van der Waals surface area contributed by atoms with Gasteiger partial charge in [-0.1, -0.05) is 45.7 Å². The van der Waals surface area contributed by atoms with E-state index in [0.717, 1.165) is 23.1 Å². The second-order valence-corrected chi connectivity index (χ2v) is 11.4. The highest BCUT2D eigenvalue weighted by molar-refractivity contribution is 5.87. The summed E-state index contributed by atoms with van der Waals surface area (Å²) < 4.78 is 0. The van der Waals surface area contributed by atoms with Gasteiger partial charge in [0.05, 0.1) is 6.04 Å². The highest BCUT2D eigenvalue weighted by atomic mass is 16.3. The van der Waals surface area contributed by atoms with Gasteiger partial charge in [0.15, 0.2) is 0 Å². The first-order valence-corrected chi connectivity index (χ1v) is 12.1. The van der Waals surface area contributed by atoms with Crippen LogP contribution in [0.25, 0.3) is 5.57 Å². The summed E-state index contributed by atoms with van der Waals surface area (Å²) in [6, 6.07) is 3.95. The van der Waals surface area contributed by atoms with Crippen molar-refractivity contribution in [2.45, 2.75) is 59.1 Å². The lowest BCUT2D eigenvalue weighted by Gasteiger charge is -2.63. The van der Waals surface area contributed by atoms with E-state index < -0.39 is 17.1 Å². The number of hydrogen-bond donors (Lipinski definition) is 3. The average Bonchev–Trinajstić information content (AvgIpc) is 2.73. The van der Waals surface area contributed by atoms with Crippen molar-refractivity contribution >= 4 is 5.57 Å². The fourth-order valence-electron chi connectivity index (χ4n) is 7.78. The molecule has 1 aromatic carbocycles. The number of fused-ring (bicyclic) bond motifs is 3. The highest BCUT2D eigenvalue weighted by Gasteiger charge is 2.66. The third-order valence-corrected chi connectivity index (χ3v) is 9.01. The molecule has 0 saturated heterocycles. The van der Waals surface area contributed by atoms with Crippen molar-refractivity contribution in [2.24, 2.45) is 10.8 Å². The zero-order valence-electron chi connectivity index (χ0n) is 22.1. The lowest BCUT2D eigenvalue weighted by Crippen LogP contribution is -2.66. The monoisotopic (exact) mass is 460 g/mol. The Bertz CT molecular complexity index is 1220. The summed E-state index contributed by atoms with van der Waals surface area (Å²) in [5, 5.41) is 27.4. The molecule has 0 heterocycles. The van der Waals surface area contributed by atoms with Crippen molar-refractivity contribution in [3.05, 3.63) is 87.9 Å². The molecule has 4 atom stereocenters. The molecule has 1 aromatic rings. The van der Waals surface area contributed by atoms with Gasteiger partial charge in [-0.25, -0.2) is 0 Å². The zero-order valence-corrected chi connectivity index (χ0v) is 22.1. The lowest BCUT2D eigenvalue weighted by molar-refractivity contribution is -0.0981. The van der Waals surface area contributed by atoms with E-state index >= 15 is 0 Å². The molecule has 3 aliphatic rings. The molecular formula is C30H40N2O2. The number of benzene rings is 1. The van der Waals surface area contributed by atoms with E-state index in [1.54, 1.807) is 7.05 Å². The average molecular weight is 461 g/mol. The molecule has 0 bridgehead atoms. The van der Waals surface area contributed by atoms with E-state index in [4.69, 9.17) is 0 Å². The Kier molecular flexibility index (Phi) is 5.39. The smallest absolute Gasteiger partial charge is 0.120 e. The molecule has 34 heavy (non-hydrogen) atoms. The Balaban J connectivity index is 2.08. The molecule has 0 unspecified atom stereocenters. The van der Waals surface area contributed by atoms with Crippen LogP contribution in [0.2, 0.25) is 0 Å². The summed E-state index contributed by atoms with van der Waals surface area (Å²) in [6.07, 6.45) is 1.56. The number of aryl methyl sites for hydroxylation is 2. The summed E-state index contributed by atoms with van der Waals surface area (Å²) in [4.78, 5) is 2.01. The normalized spacial score (nSPS) is 33.1. The maximum absolute atomic E-state index is 12.7. The quantitative estimate of drug-likeness (QED) is 0.567. The Labute approximate surface area is 205 Å². The molecule has 182 valence electrons. The van der Waals surface area contributed by atoms with Crippen molar-refractivity contribution in [1.82, 2.24) is 10.2 Å². The van der Waals surface area contributed by atoms with Gasteiger partial charge < -0.3 is 15.5 Å². The van der Waals surface area contributed by atoms with Crippen LogP contribution in [0, 0.1) is 24.7 Å².